The number of aromatic nitrogens is 1. The fraction of sp³-hybridized carbons (Fsp3) is 0.0222. The van der Waals surface area contributed by atoms with E-state index in [1.54, 1.807) is 0 Å². The van der Waals surface area contributed by atoms with Crippen molar-refractivity contribution in [2.24, 2.45) is 20.9 Å². The number of benzene rings is 4. The van der Waals surface area contributed by atoms with Crippen LogP contribution in [0.2, 0.25) is 0 Å². The van der Waals surface area contributed by atoms with E-state index in [9.17, 15) is 5.26 Å². The van der Waals surface area contributed by atoms with Crippen LogP contribution in [0.1, 0.15) is 22.3 Å². The van der Waals surface area contributed by atoms with Gasteiger partial charge in [0, 0.05) is 44.8 Å². The lowest BCUT2D eigenvalue weighted by molar-refractivity contribution is 1.11. The third kappa shape index (κ3) is 4.99. The molecule has 4 aliphatic heterocycles. The van der Waals surface area contributed by atoms with Gasteiger partial charge >= 0.3 is 0 Å². The Hall–Kier alpha value is -6.90. The monoisotopic (exact) mass is 639 g/mol. The summed E-state index contributed by atoms with van der Waals surface area (Å²) in [5.74, 6) is -0.646. The predicted molar refractivity (Wildman–Crippen MR) is 202 cm³/mol. The predicted octanol–water partition coefficient (Wildman–Crippen LogP) is 7.75. The number of aliphatic imine (C=N–C) groups is 3. The van der Waals surface area contributed by atoms with Crippen molar-refractivity contribution >= 4 is 39.4 Å². The van der Waals surface area contributed by atoms with Crippen molar-refractivity contribution in [3.63, 3.8) is 0 Å². The van der Waals surface area contributed by atoms with E-state index in [-0.39, 0.29) is 0 Å². The third-order valence-electron chi connectivity index (χ3n) is 9.38. The maximum absolute atomic E-state index is 10.9. The number of fused-ring (bicyclic) bond motifs is 6. The first kappa shape index (κ1) is 29.3. The number of H-pyrrole nitrogens is 1. The standard InChI is InChI=1S/C45H29N5/c46-27-33-34-28-47-45(33)44(32-19-11-4-12-20-32)40-26-25-39(50-40)43(31-17-9-3-10-18-31)38-24-23-37(49-38)42(30-15-7-2-8-16-30)36-22-21-35(48-36)41(34)29-13-5-1-6-14-29/h1-26,28,33,49H. The quantitative estimate of drug-likeness (QED) is 0.215. The Morgan fingerprint density at radius 2 is 0.900 bits per heavy atom. The Morgan fingerprint density at radius 1 is 0.480 bits per heavy atom. The molecule has 0 radical (unpaired) electrons. The second kappa shape index (κ2) is 12.3. The van der Waals surface area contributed by atoms with Crippen LogP contribution in [0.5, 0.6) is 0 Å². The topological polar surface area (TPSA) is 76.7 Å². The molecule has 5 aromatic rings. The Kier molecular flexibility index (Phi) is 7.18. The number of rotatable bonds is 4. The molecule has 0 aliphatic carbocycles. The molecule has 1 atom stereocenters. The molecule has 50 heavy (non-hydrogen) atoms. The zero-order valence-electron chi connectivity index (χ0n) is 27.0. The van der Waals surface area contributed by atoms with Gasteiger partial charge in [0.25, 0.3) is 0 Å². The molecule has 1 unspecified atom stereocenters. The first-order valence-corrected chi connectivity index (χ1v) is 16.6. The summed E-state index contributed by atoms with van der Waals surface area (Å²) in [4.78, 5) is 19.4. The van der Waals surface area contributed by atoms with E-state index < -0.39 is 5.92 Å². The van der Waals surface area contributed by atoms with E-state index in [1.165, 1.54) is 0 Å². The van der Waals surface area contributed by atoms with Gasteiger partial charge < -0.3 is 4.98 Å². The third-order valence-corrected chi connectivity index (χ3v) is 9.38. The van der Waals surface area contributed by atoms with Gasteiger partial charge in [0.2, 0.25) is 0 Å². The van der Waals surface area contributed by atoms with Crippen LogP contribution >= 0.6 is 0 Å². The molecule has 1 aromatic heterocycles. The second-order valence-corrected chi connectivity index (χ2v) is 12.3. The molecule has 8 bridgehead atoms. The highest BCUT2D eigenvalue weighted by atomic mass is 14.8. The first-order valence-electron chi connectivity index (χ1n) is 16.6. The molecule has 234 valence electrons. The zero-order chi connectivity index (χ0) is 33.4. The number of nitrogens with one attached hydrogen (secondary N) is 1. The van der Waals surface area contributed by atoms with E-state index in [0.29, 0.717) is 5.71 Å². The fourth-order valence-electron chi connectivity index (χ4n) is 7.14. The molecule has 0 saturated heterocycles. The van der Waals surface area contributed by atoms with Crippen molar-refractivity contribution in [2.75, 3.05) is 0 Å². The average Bonchev–Trinajstić information content (AvgIpc) is 4.01. The van der Waals surface area contributed by atoms with Crippen molar-refractivity contribution in [3.8, 4) is 6.07 Å². The van der Waals surface area contributed by atoms with Crippen LogP contribution < -0.4 is 10.7 Å². The number of hydrogen-bond acceptors (Lipinski definition) is 4. The van der Waals surface area contributed by atoms with Crippen LogP contribution in [0.4, 0.5) is 0 Å². The van der Waals surface area contributed by atoms with Crippen molar-refractivity contribution in [2.45, 2.75) is 0 Å². The van der Waals surface area contributed by atoms with Gasteiger partial charge in [-0.15, -0.1) is 0 Å². The summed E-state index contributed by atoms with van der Waals surface area (Å²) >= 11 is 0. The van der Waals surface area contributed by atoms with E-state index in [0.717, 1.165) is 83.6 Å². The molecule has 9 rings (SSSR count). The molecule has 0 spiro atoms. The van der Waals surface area contributed by atoms with E-state index in [1.807, 2.05) is 85.1 Å². The summed E-state index contributed by atoms with van der Waals surface area (Å²) in [7, 11) is 0. The SMILES string of the molecule is N#CC1C2=CN=C1C(c1ccccc1)=C1C=CC(=N1)C(c1ccccc1)=c1ccc([nH]1)=C(c1ccccc1)C1=NC(=C2c2ccccc2)C=C1. The van der Waals surface area contributed by atoms with Crippen LogP contribution in [0.15, 0.2) is 196 Å². The van der Waals surface area contributed by atoms with Gasteiger partial charge in [0.15, 0.2) is 0 Å². The lowest BCUT2D eigenvalue weighted by Gasteiger charge is -2.18. The molecule has 5 heterocycles. The molecule has 5 nitrogen and oxygen atoms in total. The average molecular weight is 640 g/mol. The lowest BCUT2D eigenvalue weighted by atomic mass is 9.83. The number of allylic oxidation sites excluding steroid dienone is 7. The molecular weight excluding hydrogens is 611 g/mol. The number of nitriles is 1. The van der Waals surface area contributed by atoms with E-state index >= 15 is 0 Å². The maximum atomic E-state index is 10.9. The Balaban J connectivity index is 1.41. The zero-order valence-corrected chi connectivity index (χ0v) is 27.0. The van der Waals surface area contributed by atoms with Crippen LogP contribution in [-0.2, 0) is 0 Å². The highest BCUT2D eigenvalue weighted by Crippen LogP contribution is 2.42. The molecular formula is C45H29N5. The molecule has 0 saturated carbocycles. The molecule has 1 N–H and O–H groups in total. The largest absolute Gasteiger partial charge is 0.354 e. The minimum atomic E-state index is -0.646. The summed E-state index contributed by atoms with van der Waals surface area (Å²) in [6.45, 7) is 0. The smallest absolute Gasteiger partial charge is 0.116 e. The summed E-state index contributed by atoms with van der Waals surface area (Å²) in [6.07, 6.45) is 10.1. The lowest BCUT2D eigenvalue weighted by Crippen LogP contribution is -2.21. The first-order chi connectivity index (χ1) is 24.8. The van der Waals surface area contributed by atoms with Gasteiger partial charge in [-0.1, -0.05) is 121 Å². The van der Waals surface area contributed by atoms with E-state index in [4.69, 9.17) is 15.0 Å². The Morgan fingerprint density at radius 3 is 1.36 bits per heavy atom. The molecule has 0 amide bonds. The molecule has 4 aromatic carbocycles. The van der Waals surface area contributed by atoms with Crippen LogP contribution in [0.25, 0.3) is 22.3 Å². The van der Waals surface area contributed by atoms with Crippen molar-refractivity contribution < 1.29 is 0 Å². The van der Waals surface area contributed by atoms with Crippen molar-refractivity contribution in [1.82, 2.24) is 4.98 Å². The summed E-state index contributed by atoms with van der Waals surface area (Å²) in [6, 6.07) is 47.9. The number of hydrogen-bond donors (Lipinski definition) is 1. The summed E-state index contributed by atoms with van der Waals surface area (Å²) in [5, 5.41) is 12.8. The fourth-order valence-corrected chi connectivity index (χ4v) is 7.14. The van der Waals surface area contributed by atoms with Crippen LogP contribution in [0.3, 0.4) is 0 Å². The number of nitrogens with zero attached hydrogens (tertiary/aromatic N) is 4. The second-order valence-electron chi connectivity index (χ2n) is 12.3. The maximum Gasteiger partial charge on any atom is 0.116 e. The van der Waals surface area contributed by atoms with Gasteiger partial charge in [-0.05, 0) is 58.7 Å². The van der Waals surface area contributed by atoms with Crippen LogP contribution in [0, 0.1) is 17.2 Å². The van der Waals surface area contributed by atoms with Crippen molar-refractivity contribution in [3.05, 3.63) is 214 Å². The molecule has 5 heteroatoms. The van der Waals surface area contributed by atoms with E-state index in [2.05, 4.69) is 89.9 Å². The Labute approximate surface area is 289 Å². The Bertz CT molecular complexity index is 2430. The minimum absolute atomic E-state index is 0.646. The number of aromatic amines is 1. The van der Waals surface area contributed by atoms with Gasteiger partial charge in [0.1, 0.15) is 5.92 Å². The van der Waals surface area contributed by atoms with Gasteiger partial charge in [0.05, 0.1) is 34.6 Å². The van der Waals surface area contributed by atoms with Gasteiger partial charge in [-0.3, -0.25) is 4.99 Å². The molecule has 4 aliphatic rings. The highest BCUT2D eigenvalue weighted by molar-refractivity contribution is 6.34. The minimum Gasteiger partial charge on any atom is -0.354 e. The van der Waals surface area contributed by atoms with Crippen molar-refractivity contribution in [1.29, 1.82) is 5.26 Å². The highest BCUT2D eigenvalue weighted by Gasteiger charge is 2.34. The van der Waals surface area contributed by atoms with Gasteiger partial charge in [-0.25, -0.2) is 9.98 Å². The van der Waals surface area contributed by atoms with Gasteiger partial charge in [-0.2, -0.15) is 5.26 Å². The van der Waals surface area contributed by atoms with Crippen LogP contribution in [-0.4, -0.2) is 22.1 Å². The normalized spacial score (nSPS) is 17.9. The molecule has 0 fully saturated rings. The summed E-state index contributed by atoms with van der Waals surface area (Å²) in [5.41, 5.74) is 12.4. The summed E-state index contributed by atoms with van der Waals surface area (Å²) < 4.78 is 0.